The van der Waals surface area contributed by atoms with Crippen LogP contribution in [-0.4, -0.2) is 34.0 Å². The largest absolute Gasteiger partial charge is 0.480 e. The molecule has 0 radical (unpaired) electrons. The molecule has 0 spiro atoms. The third-order valence-electron chi connectivity index (χ3n) is 3.11. The minimum Gasteiger partial charge on any atom is -0.480 e. The molecule has 1 aromatic rings. The van der Waals surface area contributed by atoms with Crippen molar-refractivity contribution in [1.82, 2.24) is 4.90 Å². The van der Waals surface area contributed by atoms with Crippen LogP contribution in [0.4, 0.5) is 0 Å². The minimum atomic E-state index is -1.24. The molecule has 0 aliphatic rings. The molecule has 1 amide bonds. The fourth-order valence-electron chi connectivity index (χ4n) is 1.86. The lowest BCUT2D eigenvalue weighted by molar-refractivity contribution is -0.147. The predicted octanol–water partition coefficient (Wildman–Crippen LogP) is 3.08. The molecule has 0 fully saturated rings. The second kappa shape index (κ2) is 5.74. The van der Waals surface area contributed by atoms with Crippen LogP contribution in [-0.2, 0) is 4.79 Å². The van der Waals surface area contributed by atoms with Gasteiger partial charge in [-0.2, -0.15) is 0 Å². The maximum Gasteiger partial charge on any atom is 0.329 e. The first-order valence-electron chi connectivity index (χ1n) is 6.03. The molecule has 0 unspecified atom stereocenters. The monoisotopic (exact) mass is 327 g/mol. The van der Waals surface area contributed by atoms with Gasteiger partial charge in [0, 0.05) is 11.0 Å². The van der Waals surface area contributed by atoms with Crippen LogP contribution in [0.1, 0.15) is 36.7 Å². The number of rotatable bonds is 4. The second-order valence-electron chi connectivity index (χ2n) is 4.90. The highest BCUT2D eigenvalue weighted by Crippen LogP contribution is 2.24. The molecule has 0 atom stereocenters. The summed E-state index contributed by atoms with van der Waals surface area (Å²) in [6.45, 7) is 7.05. The molecule has 0 bridgehead atoms. The van der Waals surface area contributed by atoms with Gasteiger partial charge in [0.2, 0.25) is 0 Å². The van der Waals surface area contributed by atoms with E-state index in [1.54, 1.807) is 19.1 Å². The van der Waals surface area contributed by atoms with Gasteiger partial charge in [-0.25, -0.2) is 4.79 Å². The highest BCUT2D eigenvalue weighted by atomic mass is 79.9. The number of carboxylic acid groups (broad SMARTS) is 1. The SMILES string of the molecule is CCN(C(=O)c1cc(C)ccc1Br)C(C)(C)C(=O)O. The smallest absolute Gasteiger partial charge is 0.329 e. The molecule has 0 saturated carbocycles. The van der Waals surface area contributed by atoms with Crippen molar-refractivity contribution in [3.05, 3.63) is 33.8 Å². The van der Waals surface area contributed by atoms with Crippen LogP contribution in [0.2, 0.25) is 0 Å². The quantitative estimate of drug-likeness (QED) is 0.924. The van der Waals surface area contributed by atoms with Crippen molar-refractivity contribution in [2.75, 3.05) is 6.54 Å². The maximum absolute atomic E-state index is 12.5. The Morgan fingerprint density at radius 3 is 2.42 bits per heavy atom. The molecule has 1 rings (SSSR count). The highest BCUT2D eigenvalue weighted by Gasteiger charge is 2.37. The summed E-state index contributed by atoms with van der Waals surface area (Å²) in [6.07, 6.45) is 0. The molecule has 5 heteroatoms. The lowest BCUT2D eigenvalue weighted by Crippen LogP contribution is -2.53. The summed E-state index contributed by atoms with van der Waals surface area (Å²) in [4.78, 5) is 25.2. The van der Waals surface area contributed by atoms with Crippen LogP contribution < -0.4 is 0 Å². The van der Waals surface area contributed by atoms with Crippen LogP contribution in [0.5, 0.6) is 0 Å². The van der Waals surface area contributed by atoms with E-state index in [9.17, 15) is 14.7 Å². The Balaban J connectivity index is 3.23. The number of carboxylic acids is 1. The van der Waals surface area contributed by atoms with Gasteiger partial charge in [0.15, 0.2) is 0 Å². The van der Waals surface area contributed by atoms with E-state index in [0.717, 1.165) is 5.56 Å². The number of aliphatic carboxylic acids is 1. The number of amides is 1. The van der Waals surface area contributed by atoms with E-state index in [2.05, 4.69) is 15.9 Å². The van der Waals surface area contributed by atoms with Gasteiger partial charge in [0.1, 0.15) is 5.54 Å². The molecule has 4 nitrogen and oxygen atoms in total. The number of benzene rings is 1. The second-order valence-corrected chi connectivity index (χ2v) is 5.75. The average molecular weight is 328 g/mol. The van der Waals surface area contributed by atoms with Gasteiger partial charge in [-0.1, -0.05) is 11.6 Å². The number of hydrogen-bond donors (Lipinski definition) is 1. The Kier molecular flexibility index (Phi) is 4.74. The van der Waals surface area contributed by atoms with Gasteiger partial charge in [0.25, 0.3) is 5.91 Å². The number of likely N-dealkylation sites (N-methyl/N-ethyl adjacent to an activating group) is 1. The van der Waals surface area contributed by atoms with Crippen molar-refractivity contribution in [2.45, 2.75) is 33.2 Å². The molecule has 0 heterocycles. The van der Waals surface area contributed by atoms with Gasteiger partial charge in [-0.15, -0.1) is 0 Å². The number of aryl methyl sites for hydroxylation is 1. The van der Waals surface area contributed by atoms with Crippen molar-refractivity contribution in [1.29, 1.82) is 0 Å². The van der Waals surface area contributed by atoms with E-state index in [-0.39, 0.29) is 5.91 Å². The summed E-state index contributed by atoms with van der Waals surface area (Å²) in [5.74, 6) is -1.31. The topological polar surface area (TPSA) is 57.6 Å². The van der Waals surface area contributed by atoms with Crippen molar-refractivity contribution in [3.63, 3.8) is 0 Å². The lowest BCUT2D eigenvalue weighted by Gasteiger charge is -2.34. The zero-order valence-electron chi connectivity index (χ0n) is 11.5. The minimum absolute atomic E-state index is 0.287. The third kappa shape index (κ3) is 3.15. The van der Waals surface area contributed by atoms with E-state index in [1.807, 2.05) is 13.0 Å². The van der Waals surface area contributed by atoms with Gasteiger partial charge < -0.3 is 10.0 Å². The summed E-state index contributed by atoms with van der Waals surface area (Å²) in [5, 5.41) is 9.26. The summed E-state index contributed by atoms with van der Waals surface area (Å²) < 4.78 is 0.669. The van der Waals surface area contributed by atoms with E-state index >= 15 is 0 Å². The summed E-state index contributed by atoms with van der Waals surface area (Å²) in [5.41, 5.74) is 0.196. The van der Waals surface area contributed by atoms with E-state index < -0.39 is 11.5 Å². The molecule has 19 heavy (non-hydrogen) atoms. The van der Waals surface area contributed by atoms with Crippen molar-refractivity contribution in [2.24, 2.45) is 0 Å². The summed E-state index contributed by atoms with van der Waals surface area (Å²) >= 11 is 3.34. The third-order valence-corrected chi connectivity index (χ3v) is 3.80. The number of halogens is 1. The molecular weight excluding hydrogens is 310 g/mol. The molecule has 0 saturated heterocycles. The zero-order valence-corrected chi connectivity index (χ0v) is 13.1. The Bertz CT molecular complexity index is 511. The van der Waals surface area contributed by atoms with Crippen molar-refractivity contribution in [3.8, 4) is 0 Å². The van der Waals surface area contributed by atoms with Crippen molar-refractivity contribution >= 4 is 27.8 Å². The molecule has 0 aromatic heterocycles. The van der Waals surface area contributed by atoms with Crippen LogP contribution in [0.15, 0.2) is 22.7 Å². The standard InChI is InChI=1S/C14H18BrNO3/c1-5-16(14(3,4)13(18)19)12(17)10-8-9(2)6-7-11(10)15/h6-8H,5H2,1-4H3,(H,18,19). The molecule has 0 aliphatic heterocycles. The fraction of sp³-hybridized carbons (Fsp3) is 0.429. The van der Waals surface area contributed by atoms with Gasteiger partial charge in [-0.05, 0) is 55.8 Å². The maximum atomic E-state index is 12.5. The number of hydrogen-bond acceptors (Lipinski definition) is 2. The van der Waals surface area contributed by atoms with Gasteiger partial charge in [-0.3, -0.25) is 4.79 Å². The van der Waals surface area contributed by atoms with E-state index in [4.69, 9.17) is 0 Å². The Morgan fingerprint density at radius 2 is 1.95 bits per heavy atom. The predicted molar refractivity (Wildman–Crippen MR) is 77.3 cm³/mol. The average Bonchev–Trinajstić information content (AvgIpc) is 2.32. The molecule has 1 N–H and O–H groups in total. The van der Waals surface area contributed by atoms with Crippen molar-refractivity contribution < 1.29 is 14.7 Å². The first-order chi connectivity index (χ1) is 8.71. The lowest BCUT2D eigenvalue weighted by atomic mass is 10.0. The van der Waals surface area contributed by atoms with Gasteiger partial charge >= 0.3 is 5.97 Å². The first-order valence-corrected chi connectivity index (χ1v) is 6.82. The first kappa shape index (κ1) is 15.7. The van der Waals surface area contributed by atoms with Gasteiger partial charge in [0.05, 0.1) is 5.56 Å². The normalized spacial score (nSPS) is 11.2. The fourth-order valence-corrected chi connectivity index (χ4v) is 2.27. The van der Waals surface area contributed by atoms with Crippen LogP contribution in [0.3, 0.4) is 0 Å². The molecule has 104 valence electrons. The molecular formula is C14H18BrNO3. The summed E-state index contributed by atoms with van der Waals surface area (Å²) in [6, 6.07) is 5.44. The van der Waals surface area contributed by atoms with E-state index in [1.165, 1.54) is 18.7 Å². The number of nitrogens with zero attached hydrogens (tertiary/aromatic N) is 1. The number of carbonyl (C=O) groups is 2. The Hall–Kier alpha value is -1.36. The Labute approximate surface area is 121 Å². The molecule has 0 aliphatic carbocycles. The van der Waals surface area contributed by atoms with E-state index in [0.29, 0.717) is 16.6 Å². The van der Waals surface area contributed by atoms with Crippen LogP contribution in [0, 0.1) is 6.92 Å². The van der Waals surface area contributed by atoms with Crippen LogP contribution in [0.25, 0.3) is 0 Å². The molecule has 1 aromatic carbocycles. The zero-order chi connectivity index (χ0) is 14.8. The number of carbonyl (C=O) groups excluding carboxylic acids is 1. The highest BCUT2D eigenvalue weighted by molar-refractivity contribution is 9.10. The van der Waals surface area contributed by atoms with Crippen LogP contribution >= 0.6 is 15.9 Å². The summed E-state index contributed by atoms with van der Waals surface area (Å²) in [7, 11) is 0. The Morgan fingerprint density at radius 1 is 1.37 bits per heavy atom.